The minimum atomic E-state index is -4.09. The Kier molecular flexibility index (Phi) is 2.95. The normalized spacial score (nSPS) is 31.0. The van der Waals surface area contributed by atoms with E-state index in [1.165, 1.54) is 0 Å². The lowest BCUT2D eigenvalue weighted by Crippen LogP contribution is -2.26. The Morgan fingerprint density at radius 2 is 1.83 bits per heavy atom. The molecule has 2 N–H and O–H groups in total. The molecule has 2 unspecified atom stereocenters. The fourth-order valence-electron chi connectivity index (χ4n) is 1.43. The van der Waals surface area contributed by atoms with Crippen LogP contribution in [0.25, 0.3) is 0 Å². The zero-order chi connectivity index (χ0) is 9.19. The summed E-state index contributed by atoms with van der Waals surface area (Å²) in [6.07, 6.45) is -4.86. The summed E-state index contributed by atoms with van der Waals surface area (Å²) in [5.74, 6) is -0.554. The molecule has 0 saturated carbocycles. The minimum Gasteiger partial charge on any atom is -0.381 e. The molecule has 5 heteroatoms. The van der Waals surface area contributed by atoms with Crippen LogP contribution >= 0.6 is 0 Å². The third kappa shape index (κ3) is 2.64. The van der Waals surface area contributed by atoms with Crippen molar-refractivity contribution in [2.24, 2.45) is 17.6 Å². The maximum absolute atomic E-state index is 11.9. The predicted octanol–water partition coefficient (Wildman–Crippen LogP) is 1.16. The molecule has 2 nitrogen and oxygen atoms in total. The second-order valence-corrected chi connectivity index (χ2v) is 3.11. The van der Waals surface area contributed by atoms with Crippen LogP contribution < -0.4 is 5.73 Å². The van der Waals surface area contributed by atoms with Crippen LogP contribution in [-0.4, -0.2) is 25.9 Å². The Labute approximate surface area is 68.9 Å². The summed E-state index contributed by atoms with van der Waals surface area (Å²) in [5.41, 5.74) is 5.30. The maximum Gasteiger partial charge on any atom is 0.389 e. The van der Waals surface area contributed by atoms with Gasteiger partial charge < -0.3 is 10.5 Å². The second-order valence-electron chi connectivity index (χ2n) is 3.11. The number of hydrogen-bond acceptors (Lipinski definition) is 2. The van der Waals surface area contributed by atoms with Gasteiger partial charge in [-0.15, -0.1) is 0 Å². The van der Waals surface area contributed by atoms with Gasteiger partial charge in [-0.1, -0.05) is 0 Å². The maximum atomic E-state index is 11.9. The third-order valence-electron chi connectivity index (χ3n) is 2.13. The van der Waals surface area contributed by atoms with E-state index in [9.17, 15) is 13.2 Å². The summed E-state index contributed by atoms with van der Waals surface area (Å²) in [7, 11) is 0. The highest BCUT2D eigenvalue weighted by atomic mass is 19.4. The smallest absolute Gasteiger partial charge is 0.381 e. The van der Waals surface area contributed by atoms with E-state index in [4.69, 9.17) is 10.5 Å². The van der Waals surface area contributed by atoms with Crippen molar-refractivity contribution in [1.29, 1.82) is 0 Å². The van der Waals surface area contributed by atoms with Gasteiger partial charge in [-0.25, -0.2) is 0 Å². The van der Waals surface area contributed by atoms with E-state index in [2.05, 4.69) is 0 Å². The van der Waals surface area contributed by atoms with Gasteiger partial charge in [0.05, 0.1) is 13.2 Å². The predicted molar refractivity (Wildman–Crippen MR) is 37.5 cm³/mol. The summed E-state index contributed by atoms with van der Waals surface area (Å²) >= 11 is 0. The first-order valence-corrected chi connectivity index (χ1v) is 3.87. The molecular formula is C7H12F3NO. The molecule has 72 valence electrons. The molecule has 1 saturated heterocycles. The Hall–Kier alpha value is -0.290. The molecule has 1 aliphatic heterocycles. The van der Waals surface area contributed by atoms with Crippen LogP contribution in [0, 0.1) is 11.8 Å². The fraction of sp³-hybridized carbons (Fsp3) is 1.00. The molecule has 0 aromatic heterocycles. The lowest BCUT2D eigenvalue weighted by Gasteiger charge is -2.16. The Morgan fingerprint density at radius 3 is 2.33 bits per heavy atom. The number of halogens is 3. The van der Waals surface area contributed by atoms with Crippen LogP contribution in [0.2, 0.25) is 0 Å². The van der Waals surface area contributed by atoms with Crippen molar-refractivity contribution in [2.75, 3.05) is 19.8 Å². The van der Waals surface area contributed by atoms with Gasteiger partial charge >= 0.3 is 6.18 Å². The van der Waals surface area contributed by atoms with Crippen molar-refractivity contribution in [3.05, 3.63) is 0 Å². The Balaban J connectivity index is 2.41. The highest BCUT2D eigenvalue weighted by Crippen LogP contribution is 2.32. The van der Waals surface area contributed by atoms with Gasteiger partial charge in [-0.05, 0) is 18.4 Å². The van der Waals surface area contributed by atoms with Crippen molar-refractivity contribution >= 4 is 0 Å². The highest BCUT2D eigenvalue weighted by molar-refractivity contribution is 4.77. The summed E-state index contributed by atoms with van der Waals surface area (Å²) in [4.78, 5) is 0. The average Bonchev–Trinajstić information content (AvgIpc) is 2.31. The van der Waals surface area contributed by atoms with Crippen LogP contribution in [0.5, 0.6) is 0 Å². The molecule has 0 aromatic rings. The summed E-state index contributed by atoms with van der Waals surface area (Å²) in [5, 5.41) is 0. The van der Waals surface area contributed by atoms with E-state index in [1.54, 1.807) is 0 Å². The van der Waals surface area contributed by atoms with Crippen LogP contribution in [0.1, 0.15) is 6.42 Å². The molecule has 0 aliphatic carbocycles. The number of ether oxygens (including phenoxy) is 1. The van der Waals surface area contributed by atoms with Crippen molar-refractivity contribution < 1.29 is 17.9 Å². The first-order valence-electron chi connectivity index (χ1n) is 3.87. The van der Waals surface area contributed by atoms with E-state index < -0.39 is 18.5 Å². The van der Waals surface area contributed by atoms with Gasteiger partial charge in [0.1, 0.15) is 0 Å². The van der Waals surface area contributed by atoms with Crippen LogP contribution in [-0.2, 0) is 4.74 Å². The molecule has 1 aliphatic rings. The monoisotopic (exact) mass is 183 g/mol. The third-order valence-corrected chi connectivity index (χ3v) is 2.13. The number of nitrogens with two attached hydrogens (primary N) is 1. The highest BCUT2D eigenvalue weighted by Gasteiger charge is 2.37. The largest absolute Gasteiger partial charge is 0.389 e. The van der Waals surface area contributed by atoms with Gasteiger partial charge in [0.2, 0.25) is 0 Å². The van der Waals surface area contributed by atoms with Crippen molar-refractivity contribution in [3.8, 4) is 0 Å². The first kappa shape index (κ1) is 9.80. The summed E-state index contributed by atoms with van der Waals surface area (Å²) in [6, 6.07) is 0. The van der Waals surface area contributed by atoms with E-state index in [1.807, 2.05) is 0 Å². The molecular weight excluding hydrogens is 171 g/mol. The number of hydrogen-bond donors (Lipinski definition) is 1. The van der Waals surface area contributed by atoms with Crippen LogP contribution in [0.15, 0.2) is 0 Å². The molecule has 0 bridgehead atoms. The van der Waals surface area contributed by atoms with Crippen molar-refractivity contribution in [3.63, 3.8) is 0 Å². The summed E-state index contributed by atoms with van der Waals surface area (Å²) < 4.78 is 40.7. The molecule has 0 aromatic carbocycles. The lowest BCUT2D eigenvalue weighted by atomic mass is 9.93. The molecule has 0 amide bonds. The zero-order valence-corrected chi connectivity index (χ0v) is 6.60. The molecule has 1 rings (SSSR count). The Morgan fingerprint density at radius 1 is 1.25 bits per heavy atom. The van der Waals surface area contributed by atoms with Gasteiger partial charge in [-0.3, -0.25) is 0 Å². The van der Waals surface area contributed by atoms with Crippen LogP contribution in [0.3, 0.4) is 0 Å². The van der Waals surface area contributed by atoms with Crippen molar-refractivity contribution in [1.82, 2.24) is 0 Å². The van der Waals surface area contributed by atoms with Gasteiger partial charge in [-0.2, -0.15) is 13.2 Å². The first-order chi connectivity index (χ1) is 5.53. The zero-order valence-electron chi connectivity index (χ0n) is 6.60. The van der Waals surface area contributed by atoms with E-state index in [0.717, 1.165) is 0 Å². The number of alkyl halides is 3. The Bertz CT molecular complexity index is 148. The fourth-order valence-corrected chi connectivity index (χ4v) is 1.43. The lowest BCUT2D eigenvalue weighted by molar-refractivity contribution is -0.146. The van der Waals surface area contributed by atoms with E-state index in [-0.39, 0.29) is 19.1 Å². The van der Waals surface area contributed by atoms with E-state index in [0.29, 0.717) is 6.61 Å². The van der Waals surface area contributed by atoms with Gasteiger partial charge in [0.15, 0.2) is 0 Å². The SMILES string of the molecule is NCC1COCC1CC(F)(F)F. The van der Waals surface area contributed by atoms with Crippen LogP contribution in [0.4, 0.5) is 13.2 Å². The average molecular weight is 183 g/mol. The molecule has 1 fully saturated rings. The molecule has 0 radical (unpaired) electrons. The molecule has 12 heavy (non-hydrogen) atoms. The van der Waals surface area contributed by atoms with Gasteiger partial charge in [0.25, 0.3) is 0 Å². The number of rotatable bonds is 2. The van der Waals surface area contributed by atoms with Crippen molar-refractivity contribution in [2.45, 2.75) is 12.6 Å². The van der Waals surface area contributed by atoms with Gasteiger partial charge in [0, 0.05) is 6.42 Å². The van der Waals surface area contributed by atoms with E-state index >= 15 is 0 Å². The second kappa shape index (κ2) is 3.62. The minimum absolute atomic E-state index is 0.119. The topological polar surface area (TPSA) is 35.2 Å². The molecule has 0 spiro atoms. The molecule has 1 heterocycles. The quantitative estimate of drug-likeness (QED) is 0.697. The molecule has 2 atom stereocenters. The summed E-state index contributed by atoms with van der Waals surface area (Å²) in [6.45, 7) is 0.847. The standard InChI is InChI=1S/C7H12F3NO/c8-7(9,10)1-5-3-12-4-6(5)2-11/h5-6H,1-4,11H2.